The summed E-state index contributed by atoms with van der Waals surface area (Å²) >= 11 is 0. The largest absolute Gasteiger partial charge is 0.466 e. The number of carbonyl (C=O) groups is 1. The van der Waals surface area contributed by atoms with E-state index in [0.717, 1.165) is 6.42 Å². The van der Waals surface area contributed by atoms with Crippen molar-refractivity contribution in [1.82, 2.24) is 28.9 Å². The maximum absolute atomic E-state index is 13.0. The van der Waals surface area contributed by atoms with Gasteiger partial charge in [-0.3, -0.25) is 23.8 Å². The number of nitrogens with zero attached hydrogens (tertiary/aromatic N) is 5. The molecule has 3 aromatic heterocycles. The second-order valence-electron chi connectivity index (χ2n) is 8.01. The quantitative estimate of drug-likeness (QED) is 0.376. The van der Waals surface area contributed by atoms with Crippen molar-refractivity contribution in [3.8, 4) is 17.4 Å². The molecule has 184 valence electrons. The Kier molecular flexibility index (Phi) is 6.80. The van der Waals surface area contributed by atoms with Crippen molar-refractivity contribution in [2.75, 3.05) is 11.9 Å². The van der Waals surface area contributed by atoms with Crippen molar-refractivity contribution in [1.29, 1.82) is 0 Å². The molecule has 3 heterocycles. The number of rotatable bonds is 9. The Labute approximate surface area is 199 Å². The lowest BCUT2D eigenvalue weighted by atomic mass is 10.3. The smallest absolute Gasteiger partial charge is 0.330 e. The molecule has 11 nitrogen and oxygen atoms in total. The first kappa shape index (κ1) is 23.9. The summed E-state index contributed by atoms with van der Waals surface area (Å²) in [6, 6.07) is 7.01. The normalized spacial score (nSPS) is 11.2. The number of hydrogen-bond donors (Lipinski definition) is 2. The number of benzene rings is 1. The average Bonchev–Trinajstić information content (AvgIpc) is 3.37. The molecule has 4 rings (SSSR count). The van der Waals surface area contributed by atoms with Gasteiger partial charge in [0, 0.05) is 31.9 Å². The van der Waals surface area contributed by atoms with E-state index in [1.54, 1.807) is 13.1 Å². The molecular formula is C23H26FN7O4. The molecular weight excluding hydrogens is 457 g/mol. The summed E-state index contributed by atoms with van der Waals surface area (Å²) in [4.78, 5) is 44.1. The van der Waals surface area contributed by atoms with Crippen LogP contribution in [-0.2, 0) is 24.9 Å². The van der Waals surface area contributed by atoms with Gasteiger partial charge in [-0.25, -0.2) is 14.2 Å². The van der Waals surface area contributed by atoms with E-state index in [2.05, 4.69) is 20.4 Å². The molecule has 0 atom stereocenters. The summed E-state index contributed by atoms with van der Waals surface area (Å²) in [6.45, 7) is 4.59. The van der Waals surface area contributed by atoms with Gasteiger partial charge in [0.15, 0.2) is 23.6 Å². The van der Waals surface area contributed by atoms with Crippen LogP contribution in [0.3, 0.4) is 0 Å². The fourth-order valence-corrected chi connectivity index (χ4v) is 3.84. The predicted molar refractivity (Wildman–Crippen MR) is 128 cm³/mol. The van der Waals surface area contributed by atoms with Gasteiger partial charge < -0.3 is 14.6 Å². The number of aromatic nitrogens is 6. The van der Waals surface area contributed by atoms with Gasteiger partial charge in [0.05, 0.1) is 0 Å². The van der Waals surface area contributed by atoms with Crippen molar-refractivity contribution in [2.45, 2.75) is 39.8 Å². The molecule has 1 amide bonds. The van der Waals surface area contributed by atoms with Gasteiger partial charge in [-0.15, -0.1) is 5.10 Å². The Hall–Kier alpha value is -4.22. The van der Waals surface area contributed by atoms with E-state index in [-0.39, 0.29) is 18.0 Å². The van der Waals surface area contributed by atoms with Crippen molar-refractivity contribution in [3.63, 3.8) is 0 Å². The first-order chi connectivity index (χ1) is 16.8. The number of nitrogens with one attached hydrogen (secondary N) is 2. The number of fused-ring (bicyclic) bond motifs is 1. The zero-order valence-electron chi connectivity index (χ0n) is 19.7. The third-order valence-electron chi connectivity index (χ3n) is 5.34. The Morgan fingerprint density at radius 2 is 1.80 bits per heavy atom. The van der Waals surface area contributed by atoms with Crippen LogP contribution in [-0.4, -0.2) is 41.4 Å². The molecule has 0 aliphatic heterocycles. The number of halogens is 1. The molecule has 0 saturated carbocycles. The third kappa shape index (κ3) is 4.86. The van der Waals surface area contributed by atoms with Crippen LogP contribution in [0.2, 0.25) is 0 Å². The summed E-state index contributed by atoms with van der Waals surface area (Å²) < 4.78 is 23.5. The number of anilines is 1. The number of aryl methyl sites for hydroxylation is 3. The lowest BCUT2D eigenvalue weighted by Crippen LogP contribution is -2.31. The highest BCUT2D eigenvalue weighted by molar-refractivity contribution is 5.91. The van der Waals surface area contributed by atoms with Gasteiger partial charge >= 0.3 is 5.69 Å². The van der Waals surface area contributed by atoms with Gasteiger partial charge in [0.1, 0.15) is 11.5 Å². The minimum absolute atomic E-state index is 0.170. The molecule has 0 bridgehead atoms. The first-order valence-corrected chi connectivity index (χ1v) is 11.3. The summed E-state index contributed by atoms with van der Waals surface area (Å²) in [5.41, 5.74) is 0.597. The highest BCUT2D eigenvalue weighted by atomic mass is 19.1. The minimum atomic E-state index is -0.551. The molecule has 0 radical (unpaired) electrons. The lowest BCUT2D eigenvalue weighted by Gasteiger charge is -2.11. The van der Waals surface area contributed by atoms with Gasteiger partial charge in [0.2, 0.25) is 5.88 Å². The Morgan fingerprint density at radius 1 is 1.11 bits per heavy atom. The average molecular weight is 484 g/mol. The SMILES string of the molecule is CCCn1c(-c2cc(OCC(=O)Nc3ccc(F)cc3)nn2C)nc2c(=O)[nH]c(=O)n(CCC)c21. The van der Waals surface area contributed by atoms with Crippen molar-refractivity contribution in [3.05, 3.63) is 57.0 Å². The number of aromatic amines is 1. The summed E-state index contributed by atoms with van der Waals surface area (Å²) in [6.07, 6.45) is 1.45. The number of imidazole rings is 1. The first-order valence-electron chi connectivity index (χ1n) is 11.3. The van der Waals surface area contributed by atoms with Crippen molar-refractivity contribution in [2.24, 2.45) is 7.05 Å². The molecule has 4 aromatic rings. The molecule has 0 saturated heterocycles. The predicted octanol–water partition coefficient (Wildman–Crippen LogP) is 2.26. The van der Waals surface area contributed by atoms with Crippen LogP contribution in [0.1, 0.15) is 26.7 Å². The Morgan fingerprint density at radius 3 is 2.49 bits per heavy atom. The van der Waals surface area contributed by atoms with E-state index >= 15 is 0 Å². The molecule has 0 aliphatic rings. The molecule has 0 spiro atoms. The van der Waals surface area contributed by atoms with E-state index in [9.17, 15) is 18.8 Å². The van der Waals surface area contributed by atoms with Gasteiger partial charge in [0.25, 0.3) is 11.5 Å². The number of hydrogen-bond acceptors (Lipinski definition) is 6. The fourth-order valence-electron chi connectivity index (χ4n) is 3.84. The van der Waals surface area contributed by atoms with E-state index in [4.69, 9.17) is 4.74 Å². The number of H-pyrrole nitrogens is 1. The van der Waals surface area contributed by atoms with Crippen LogP contribution in [0.15, 0.2) is 39.9 Å². The molecule has 0 unspecified atom stereocenters. The summed E-state index contributed by atoms with van der Waals surface area (Å²) in [5.74, 6) is -0.185. The van der Waals surface area contributed by atoms with Crippen LogP contribution in [0.4, 0.5) is 10.1 Å². The molecule has 35 heavy (non-hydrogen) atoms. The van der Waals surface area contributed by atoms with Crippen molar-refractivity contribution >= 4 is 22.8 Å². The molecule has 0 aliphatic carbocycles. The van der Waals surface area contributed by atoms with Crippen LogP contribution >= 0.6 is 0 Å². The zero-order chi connectivity index (χ0) is 25.1. The summed E-state index contributed by atoms with van der Waals surface area (Å²) in [5, 5.41) is 6.92. The maximum Gasteiger partial charge on any atom is 0.330 e. The second kappa shape index (κ2) is 9.95. The van der Waals surface area contributed by atoms with Crippen LogP contribution in [0.5, 0.6) is 5.88 Å². The molecule has 2 N–H and O–H groups in total. The monoisotopic (exact) mass is 483 g/mol. The molecule has 12 heteroatoms. The lowest BCUT2D eigenvalue weighted by molar-refractivity contribution is -0.118. The fraction of sp³-hybridized carbons (Fsp3) is 0.348. The van der Waals surface area contributed by atoms with Crippen LogP contribution in [0.25, 0.3) is 22.7 Å². The highest BCUT2D eigenvalue weighted by Crippen LogP contribution is 2.26. The molecule has 1 aromatic carbocycles. The minimum Gasteiger partial charge on any atom is -0.466 e. The Bertz CT molecular complexity index is 1480. The zero-order valence-corrected chi connectivity index (χ0v) is 19.7. The van der Waals surface area contributed by atoms with Crippen molar-refractivity contribution < 1.29 is 13.9 Å². The second-order valence-corrected chi connectivity index (χ2v) is 8.01. The molecule has 0 fully saturated rings. The van der Waals surface area contributed by atoms with E-state index < -0.39 is 23.0 Å². The topological polar surface area (TPSA) is 129 Å². The maximum atomic E-state index is 13.0. The number of ether oxygens (including phenoxy) is 1. The number of carbonyl (C=O) groups excluding carboxylic acids is 1. The van der Waals surface area contributed by atoms with Crippen LogP contribution in [0, 0.1) is 5.82 Å². The number of amides is 1. The Balaban J connectivity index is 1.64. The third-order valence-corrected chi connectivity index (χ3v) is 5.34. The van der Waals surface area contributed by atoms with Gasteiger partial charge in [-0.05, 0) is 37.1 Å². The van der Waals surface area contributed by atoms with E-state index in [1.807, 2.05) is 18.4 Å². The standard InChI is InChI=1S/C23H26FN7O4/c1-4-10-30-20(26-19-21(33)27-23(34)31(11-5-2)22(19)30)16-12-18(28-29(16)3)35-13-17(32)25-15-8-6-14(24)7-9-15/h6-9,12H,4-5,10-11,13H2,1-3H3,(H,25,32)(H,27,33,34). The summed E-state index contributed by atoms with van der Waals surface area (Å²) in [7, 11) is 1.69. The highest BCUT2D eigenvalue weighted by Gasteiger charge is 2.22. The van der Waals surface area contributed by atoms with Gasteiger partial charge in [-0.2, -0.15) is 0 Å². The van der Waals surface area contributed by atoms with Gasteiger partial charge in [-0.1, -0.05) is 13.8 Å². The van der Waals surface area contributed by atoms with Crippen LogP contribution < -0.4 is 21.3 Å². The van der Waals surface area contributed by atoms with E-state index in [0.29, 0.717) is 42.4 Å². The van der Waals surface area contributed by atoms with E-state index in [1.165, 1.54) is 33.5 Å².